The first-order chi connectivity index (χ1) is 13.6. The fraction of sp³-hybridized carbons (Fsp3) is 0.238. The van der Waals surface area contributed by atoms with Gasteiger partial charge in [-0.1, -0.05) is 0 Å². The highest BCUT2D eigenvalue weighted by molar-refractivity contribution is 7.14. The zero-order valence-corrected chi connectivity index (χ0v) is 16.4. The Labute approximate surface area is 167 Å². The van der Waals surface area contributed by atoms with Crippen molar-refractivity contribution in [2.24, 2.45) is 0 Å². The number of rotatable bonds is 5. The molecule has 3 aromatic rings. The van der Waals surface area contributed by atoms with Gasteiger partial charge in [0, 0.05) is 16.5 Å². The summed E-state index contributed by atoms with van der Waals surface area (Å²) in [5.74, 6) is 1.98. The predicted octanol–water partition coefficient (Wildman–Crippen LogP) is 4.62. The van der Waals surface area contributed by atoms with Crippen molar-refractivity contribution in [2.75, 3.05) is 18.5 Å². The van der Waals surface area contributed by atoms with Crippen molar-refractivity contribution < 1.29 is 19.0 Å². The number of aromatic nitrogens is 1. The summed E-state index contributed by atoms with van der Waals surface area (Å²) in [7, 11) is 0. The average Bonchev–Trinajstić information content (AvgIpc) is 3.16. The van der Waals surface area contributed by atoms with Crippen molar-refractivity contribution in [3.05, 3.63) is 53.4 Å². The third-order valence-electron chi connectivity index (χ3n) is 4.05. The lowest BCUT2D eigenvalue weighted by Gasteiger charge is -2.18. The zero-order valence-electron chi connectivity index (χ0n) is 15.6. The van der Waals surface area contributed by atoms with Crippen LogP contribution in [0.3, 0.4) is 0 Å². The van der Waals surface area contributed by atoms with E-state index in [1.807, 2.05) is 37.4 Å². The number of hydrogen-bond donors (Lipinski definition) is 1. The molecule has 0 radical (unpaired) electrons. The lowest BCUT2D eigenvalue weighted by atomic mass is 10.1. The Hall–Kier alpha value is -3.06. The molecule has 0 aliphatic carbocycles. The van der Waals surface area contributed by atoms with E-state index in [0.29, 0.717) is 29.7 Å². The minimum absolute atomic E-state index is 0.0916. The number of anilines is 1. The lowest BCUT2D eigenvalue weighted by molar-refractivity contribution is 0.102. The summed E-state index contributed by atoms with van der Waals surface area (Å²) in [6.07, 6.45) is 0.0916. The number of benzene rings is 2. The molecule has 4 rings (SSSR count). The maximum atomic E-state index is 12.5. The van der Waals surface area contributed by atoms with E-state index in [4.69, 9.17) is 14.2 Å². The summed E-state index contributed by atoms with van der Waals surface area (Å²) in [6.45, 7) is 5.02. The van der Waals surface area contributed by atoms with E-state index in [-0.39, 0.29) is 12.0 Å². The highest BCUT2D eigenvalue weighted by Gasteiger charge is 2.15. The molecule has 6 nitrogen and oxygen atoms in total. The van der Waals surface area contributed by atoms with Crippen LogP contribution in [0.4, 0.5) is 5.13 Å². The highest BCUT2D eigenvalue weighted by Crippen LogP contribution is 2.35. The third-order valence-corrected chi connectivity index (χ3v) is 4.81. The van der Waals surface area contributed by atoms with Crippen molar-refractivity contribution in [3.8, 4) is 28.5 Å². The van der Waals surface area contributed by atoms with Gasteiger partial charge in [-0.3, -0.25) is 10.1 Å². The summed E-state index contributed by atoms with van der Waals surface area (Å²) in [5, 5.41) is 5.29. The van der Waals surface area contributed by atoms with Gasteiger partial charge in [0.1, 0.15) is 19.0 Å². The number of amides is 1. The van der Waals surface area contributed by atoms with Crippen LogP contribution in [0.2, 0.25) is 0 Å². The van der Waals surface area contributed by atoms with Crippen molar-refractivity contribution >= 4 is 22.4 Å². The molecule has 1 amide bonds. The summed E-state index contributed by atoms with van der Waals surface area (Å²) >= 11 is 1.38. The molecule has 7 heteroatoms. The predicted molar refractivity (Wildman–Crippen MR) is 109 cm³/mol. The molecule has 2 heterocycles. The van der Waals surface area contributed by atoms with Crippen LogP contribution in [-0.2, 0) is 0 Å². The molecular formula is C21H20N2O4S. The molecule has 1 N–H and O–H groups in total. The van der Waals surface area contributed by atoms with E-state index in [2.05, 4.69) is 10.3 Å². The smallest absolute Gasteiger partial charge is 0.257 e. The molecule has 0 saturated carbocycles. The number of fused-ring (bicyclic) bond motifs is 1. The number of carbonyl (C=O) groups is 1. The van der Waals surface area contributed by atoms with E-state index in [1.165, 1.54) is 11.3 Å². The second-order valence-corrected chi connectivity index (χ2v) is 7.40. The Kier molecular flexibility index (Phi) is 5.16. The average molecular weight is 396 g/mol. The third kappa shape index (κ3) is 4.09. The molecule has 0 bridgehead atoms. The van der Waals surface area contributed by atoms with E-state index in [1.54, 1.807) is 24.3 Å². The fourth-order valence-corrected chi connectivity index (χ4v) is 3.51. The lowest BCUT2D eigenvalue weighted by Crippen LogP contribution is -2.15. The number of nitrogens with zero attached hydrogens (tertiary/aromatic N) is 1. The molecule has 1 aliphatic rings. The van der Waals surface area contributed by atoms with Gasteiger partial charge in [0.05, 0.1) is 11.8 Å². The molecule has 1 aliphatic heterocycles. The van der Waals surface area contributed by atoms with E-state index < -0.39 is 0 Å². The number of nitrogens with one attached hydrogen (secondary N) is 1. The first-order valence-electron chi connectivity index (χ1n) is 9.02. The van der Waals surface area contributed by atoms with Crippen molar-refractivity contribution in [2.45, 2.75) is 20.0 Å². The van der Waals surface area contributed by atoms with Crippen molar-refractivity contribution in [3.63, 3.8) is 0 Å². The summed E-state index contributed by atoms with van der Waals surface area (Å²) in [6, 6.07) is 12.8. The maximum absolute atomic E-state index is 12.5. The van der Waals surface area contributed by atoms with Crippen molar-refractivity contribution in [1.82, 2.24) is 4.98 Å². The standard InChI is InChI=1S/C21H20N2O4S/c1-13(2)27-16-6-3-14(4-7-16)20(24)23-21-22-17(12-28-21)15-5-8-18-19(11-15)26-10-9-25-18/h3-8,11-13H,9-10H2,1-2H3,(H,22,23,24). The first-order valence-corrected chi connectivity index (χ1v) is 9.90. The van der Waals surface area contributed by atoms with Gasteiger partial charge in [0.15, 0.2) is 16.6 Å². The van der Waals surface area contributed by atoms with Gasteiger partial charge in [0.2, 0.25) is 0 Å². The number of hydrogen-bond acceptors (Lipinski definition) is 6. The molecule has 0 saturated heterocycles. The van der Waals surface area contributed by atoms with Gasteiger partial charge in [-0.05, 0) is 56.3 Å². The largest absolute Gasteiger partial charge is 0.491 e. The van der Waals surface area contributed by atoms with Crippen LogP contribution in [-0.4, -0.2) is 30.2 Å². The van der Waals surface area contributed by atoms with E-state index >= 15 is 0 Å². The van der Waals surface area contributed by atoms with Gasteiger partial charge >= 0.3 is 0 Å². The van der Waals surface area contributed by atoms with E-state index in [9.17, 15) is 4.79 Å². The van der Waals surface area contributed by atoms with Crippen molar-refractivity contribution in [1.29, 1.82) is 0 Å². The van der Waals surface area contributed by atoms with Crippen LogP contribution in [0.1, 0.15) is 24.2 Å². The van der Waals surface area contributed by atoms with Crippen LogP contribution >= 0.6 is 11.3 Å². The normalized spacial score (nSPS) is 12.7. The molecular weight excluding hydrogens is 376 g/mol. The van der Waals surface area contributed by atoms with Crippen LogP contribution in [0, 0.1) is 0 Å². The topological polar surface area (TPSA) is 69.7 Å². The SMILES string of the molecule is CC(C)Oc1ccc(C(=O)Nc2nc(-c3ccc4c(c3)OCCO4)cs2)cc1. The molecule has 0 fully saturated rings. The monoisotopic (exact) mass is 396 g/mol. The molecule has 0 unspecified atom stereocenters. The Morgan fingerprint density at radius 3 is 2.61 bits per heavy atom. The zero-order chi connectivity index (χ0) is 19.5. The van der Waals surface area contributed by atoms with E-state index in [0.717, 1.165) is 22.8 Å². The van der Waals surface area contributed by atoms with Gasteiger partial charge in [-0.25, -0.2) is 4.98 Å². The number of thiazole rings is 1. The van der Waals surface area contributed by atoms with Crippen LogP contribution < -0.4 is 19.5 Å². The van der Waals surface area contributed by atoms with Gasteiger partial charge in [0.25, 0.3) is 5.91 Å². The second kappa shape index (κ2) is 7.90. The van der Waals surface area contributed by atoms with Gasteiger partial charge in [-0.15, -0.1) is 11.3 Å². The Morgan fingerprint density at radius 1 is 1.11 bits per heavy atom. The summed E-state index contributed by atoms with van der Waals surface area (Å²) < 4.78 is 16.8. The number of ether oxygens (including phenoxy) is 3. The molecule has 1 aromatic heterocycles. The summed E-state index contributed by atoms with van der Waals surface area (Å²) in [5.41, 5.74) is 2.24. The molecule has 0 spiro atoms. The quantitative estimate of drug-likeness (QED) is 0.681. The molecule has 28 heavy (non-hydrogen) atoms. The van der Waals surface area contributed by atoms with Crippen LogP contribution in [0.25, 0.3) is 11.3 Å². The second-order valence-electron chi connectivity index (χ2n) is 6.54. The Morgan fingerprint density at radius 2 is 1.86 bits per heavy atom. The molecule has 0 atom stereocenters. The first kappa shape index (κ1) is 18.3. The maximum Gasteiger partial charge on any atom is 0.257 e. The Bertz CT molecular complexity index is 982. The molecule has 144 valence electrons. The van der Waals surface area contributed by atoms with Crippen LogP contribution in [0.15, 0.2) is 47.8 Å². The fourth-order valence-electron chi connectivity index (χ4n) is 2.79. The van der Waals surface area contributed by atoms with Gasteiger partial charge in [-0.2, -0.15) is 0 Å². The minimum atomic E-state index is -0.209. The highest BCUT2D eigenvalue weighted by atomic mass is 32.1. The Balaban J connectivity index is 1.45. The van der Waals surface area contributed by atoms with Gasteiger partial charge < -0.3 is 14.2 Å². The number of carbonyl (C=O) groups excluding carboxylic acids is 1. The molecule has 2 aromatic carbocycles. The summed E-state index contributed by atoms with van der Waals surface area (Å²) in [4.78, 5) is 17.0. The van der Waals surface area contributed by atoms with Crippen LogP contribution in [0.5, 0.6) is 17.2 Å². The minimum Gasteiger partial charge on any atom is -0.491 e.